The average molecular weight is 266 g/mol. The normalized spacial score (nSPS) is 33.5. The zero-order valence-corrected chi connectivity index (χ0v) is 13.2. The van der Waals surface area contributed by atoms with Crippen LogP contribution in [-0.2, 0) is 0 Å². The van der Waals surface area contributed by atoms with Crippen molar-refractivity contribution in [3.63, 3.8) is 0 Å². The van der Waals surface area contributed by atoms with Crippen LogP contribution in [0.1, 0.15) is 64.7 Å². The van der Waals surface area contributed by atoms with Crippen molar-refractivity contribution in [1.82, 2.24) is 10.2 Å². The highest BCUT2D eigenvalue weighted by Gasteiger charge is 2.26. The first-order chi connectivity index (χ1) is 9.33. The molecular formula is C17H34N2. The standard InChI is InChI=1S/C17H34N2/c1-3-6-15-7-5-12-19(13-10-15)14-11-16-8-4-9-17(16)18-2/h15-18H,3-14H2,1-2H3. The van der Waals surface area contributed by atoms with E-state index in [-0.39, 0.29) is 0 Å². The molecular weight excluding hydrogens is 232 g/mol. The highest BCUT2D eigenvalue weighted by Crippen LogP contribution is 2.29. The molecule has 2 rings (SSSR count). The van der Waals surface area contributed by atoms with Crippen LogP contribution in [0.4, 0.5) is 0 Å². The van der Waals surface area contributed by atoms with Crippen LogP contribution in [0, 0.1) is 11.8 Å². The zero-order valence-electron chi connectivity index (χ0n) is 13.2. The Labute approximate surface area is 120 Å². The van der Waals surface area contributed by atoms with Crippen molar-refractivity contribution < 1.29 is 0 Å². The highest BCUT2D eigenvalue weighted by atomic mass is 15.1. The molecule has 0 bridgehead atoms. The molecule has 3 unspecified atom stereocenters. The van der Waals surface area contributed by atoms with E-state index in [4.69, 9.17) is 0 Å². The summed E-state index contributed by atoms with van der Waals surface area (Å²) in [6.07, 6.45) is 12.9. The maximum absolute atomic E-state index is 3.52. The molecule has 0 amide bonds. The fourth-order valence-electron chi connectivity index (χ4n) is 4.26. The van der Waals surface area contributed by atoms with Gasteiger partial charge in [0.25, 0.3) is 0 Å². The fraction of sp³-hybridized carbons (Fsp3) is 1.00. The lowest BCUT2D eigenvalue weighted by molar-refractivity contribution is 0.246. The van der Waals surface area contributed by atoms with Gasteiger partial charge in [-0.2, -0.15) is 0 Å². The largest absolute Gasteiger partial charge is 0.317 e. The summed E-state index contributed by atoms with van der Waals surface area (Å²) in [5.41, 5.74) is 0. The van der Waals surface area contributed by atoms with Crippen LogP contribution in [0.15, 0.2) is 0 Å². The molecule has 112 valence electrons. The van der Waals surface area contributed by atoms with Gasteiger partial charge in [-0.05, 0) is 77.0 Å². The number of hydrogen-bond acceptors (Lipinski definition) is 2. The monoisotopic (exact) mass is 266 g/mol. The minimum atomic E-state index is 0.805. The molecule has 2 nitrogen and oxygen atoms in total. The van der Waals surface area contributed by atoms with Gasteiger partial charge in [0.1, 0.15) is 0 Å². The average Bonchev–Trinajstić information content (AvgIpc) is 2.77. The molecule has 0 aromatic heterocycles. The molecule has 0 aromatic rings. The number of rotatable bonds is 6. The van der Waals surface area contributed by atoms with E-state index in [9.17, 15) is 0 Å². The molecule has 1 saturated carbocycles. The van der Waals surface area contributed by atoms with Crippen LogP contribution in [0.5, 0.6) is 0 Å². The summed E-state index contributed by atoms with van der Waals surface area (Å²) in [5, 5.41) is 3.52. The molecule has 1 N–H and O–H groups in total. The van der Waals surface area contributed by atoms with E-state index in [1.54, 1.807) is 0 Å². The van der Waals surface area contributed by atoms with Crippen LogP contribution in [0.25, 0.3) is 0 Å². The summed E-state index contributed by atoms with van der Waals surface area (Å²) in [4.78, 5) is 2.75. The van der Waals surface area contributed by atoms with Crippen molar-refractivity contribution >= 4 is 0 Å². The predicted octanol–water partition coefficient (Wildman–Crippen LogP) is 3.67. The molecule has 1 aliphatic heterocycles. The second-order valence-electron chi connectivity index (χ2n) is 6.80. The van der Waals surface area contributed by atoms with Crippen LogP contribution in [-0.4, -0.2) is 37.6 Å². The van der Waals surface area contributed by atoms with Crippen molar-refractivity contribution in [3.05, 3.63) is 0 Å². The van der Waals surface area contributed by atoms with E-state index < -0.39 is 0 Å². The molecule has 0 radical (unpaired) electrons. The van der Waals surface area contributed by atoms with E-state index in [0.29, 0.717) is 0 Å². The number of hydrogen-bond donors (Lipinski definition) is 1. The highest BCUT2D eigenvalue weighted by molar-refractivity contribution is 4.83. The lowest BCUT2D eigenvalue weighted by Crippen LogP contribution is -2.33. The first kappa shape index (κ1) is 15.3. The molecule has 2 fully saturated rings. The van der Waals surface area contributed by atoms with Crippen LogP contribution in [0.2, 0.25) is 0 Å². The SMILES string of the molecule is CCCC1CCCN(CCC2CCCC2NC)CC1. The van der Waals surface area contributed by atoms with Gasteiger partial charge >= 0.3 is 0 Å². The van der Waals surface area contributed by atoms with Crippen molar-refractivity contribution in [2.45, 2.75) is 70.8 Å². The zero-order chi connectivity index (χ0) is 13.5. The van der Waals surface area contributed by atoms with E-state index in [1.807, 2.05) is 0 Å². The van der Waals surface area contributed by atoms with Gasteiger partial charge < -0.3 is 10.2 Å². The second-order valence-corrected chi connectivity index (χ2v) is 6.80. The third-order valence-corrected chi connectivity index (χ3v) is 5.48. The van der Waals surface area contributed by atoms with Crippen molar-refractivity contribution in [2.24, 2.45) is 11.8 Å². The maximum atomic E-state index is 3.52. The minimum Gasteiger partial charge on any atom is -0.317 e. The fourth-order valence-corrected chi connectivity index (χ4v) is 4.26. The molecule has 0 spiro atoms. The summed E-state index contributed by atoms with van der Waals surface area (Å²) >= 11 is 0. The molecule has 1 aliphatic carbocycles. The van der Waals surface area contributed by atoms with Gasteiger partial charge in [-0.25, -0.2) is 0 Å². The van der Waals surface area contributed by atoms with Gasteiger partial charge in [-0.15, -0.1) is 0 Å². The Hall–Kier alpha value is -0.0800. The molecule has 0 aromatic carbocycles. The Kier molecular flexibility index (Phi) is 6.66. The van der Waals surface area contributed by atoms with E-state index >= 15 is 0 Å². The van der Waals surface area contributed by atoms with Crippen LogP contribution < -0.4 is 5.32 Å². The predicted molar refractivity (Wildman–Crippen MR) is 83.5 cm³/mol. The number of nitrogens with one attached hydrogen (secondary N) is 1. The lowest BCUT2D eigenvalue weighted by Gasteiger charge is -2.24. The second kappa shape index (κ2) is 8.26. The first-order valence-electron chi connectivity index (χ1n) is 8.73. The summed E-state index contributed by atoms with van der Waals surface area (Å²) in [7, 11) is 2.14. The molecule has 19 heavy (non-hydrogen) atoms. The first-order valence-corrected chi connectivity index (χ1v) is 8.73. The Bertz CT molecular complexity index is 241. The third kappa shape index (κ3) is 4.75. The topological polar surface area (TPSA) is 15.3 Å². The van der Waals surface area contributed by atoms with Gasteiger partial charge in [0.05, 0.1) is 0 Å². The third-order valence-electron chi connectivity index (χ3n) is 5.48. The van der Waals surface area contributed by atoms with E-state index in [1.165, 1.54) is 77.4 Å². The van der Waals surface area contributed by atoms with Crippen LogP contribution >= 0.6 is 0 Å². The van der Waals surface area contributed by atoms with Gasteiger partial charge in [0, 0.05) is 6.04 Å². The van der Waals surface area contributed by atoms with Crippen molar-refractivity contribution in [2.75, 3.05) is 26.7 Å². The maximum Gasteiger partial charge on any atom is 0.00928 e. The van der Waals surface area contributed by atoms with Gasteiger partial charge in [-0.1, -0.05) is 26.2 Å². The molecule has 2 heteroatoms. The Morgan fingerprint density at radius 3 is 2.68 bits per heavy atom. The molecule has 2 aliphatic rings. The molecule has 1 heterocycles. The Morgan fingerprint density at radius 2 is 1.89 bits per heavy atom. The van der Waals surface area contributed by atoms with Gasteiger partial charge in [0.15, 0.2) is 0 Å². The Balaban J connectivity index is 1.68. The van der Waals surface area contributed by atoms with Crippen LogP contribution in [0.3, 0.4) is 0 Å². The number of nitrogens with zero attached hydrogens (tertiary/aromatic N) is 1. The van der Waals surface area contributed by atoms with Gasteiger partial charge in [0.2, 0.25) is 0 Å². The Morgan fingerprint density at radius 1 is 1.00 bits per heavy atom. The molecule has 1 saturated heterocycles. The summed E-state index contributed by atoms with van der Waals surface area (Å²) < 4.78 is 0. The van der Waals surface area contributed by atoms with Crippen molar-refractivity contribution in [1.29, 1.82) is 0 Å². The number of likely N-dealkylation sites (tertiary alicyclic amines) is 1. The minimum absolute atomic E-state index is 0.805. The lowest BCUT2D eigenvalue weighted by atomic mass is 9.96. The smallest absolute Gasteiger partial charge is 0.00928 e. The quantitative estimate of drug-likeness (QED) is 0.789. The van der Waals surface area contributed by atoms with Crippen molar-refractivity contribution in [3.8, 4) is 0 Å². The summed E-state index contributed by atoms with van der Waals surface area (Å²) in [6.45, 7) is 6.40. The van der Waals surface area contributed by atoms with E-state index in [2.05, 4.69) is 24.2 Å². The molecule has 3 atom stereocenters. The summed E-state index contributed by atoms with van der Waals surface area (Å²) in [6, 6.07) is 0.805. The van der Waals surface area contributed by atoms with E-state index in [0.717, 1.165) is 17.9 Å². The van der Waals surface area contributed by atoms with Gasteiger partial charge in [-0.3, -0.25) is 0 Å². The summed E-state index contributed by atoms with van der Waals surface area (Å²) in [5.74, 6) is 1.96.